The Morgan fingerprint density at radius 3 is 2.53 bits per heavy atom. The van der Waals surface area contributed by atoms with E-state index in [1.165, 1.54) is 0 Å². The Bertz CT molecular complexity index is 742. The molecule has 3 atom stereocenters. The van der Waals surface area contributed by atoms with Crippen LogP contribution in [0.25, 0.3) is 0 Å². The molecule has 0 bridgehead atoms. The lowest BCUT2D eigenvalue weighted by molar-refractivity contribution is -0.167. The largest absolute Gasteiger partial charge is 0.354 e. The Kier molecular flexibility index (Phi) is 7.81. The zero-order chi connectivity index (χ0) is 21.5. The first-order chi connectivity index (χ1) is 14.5. The number of carbonyl (C=O) groups excluding carboxylic acids is 3. The molecule has 3 N–H and O–H groups in total. The van der Waals surface area contributed by atoms with Gasteiger partial charge in [-0.1, -0.05) is 30.3 Å². The second-order valence-electron chi connectivity index (χ2n) is 8.03. The average molecular weight is 416 g/mol. The van der Waals surface area contributed by atoms with E-state index < -0.39 is 12.1 Å². The molecule has 2 aliphatic rings. The molecule has 164 valence electrons. The summed E-state index contributed by atoms with van der Waals surface area (Å²) in [5.74, 6) is -0.517. The number of fused-ring (bicyclic) bond motifs is 1. The van der Waals surface area contributed by atoms with Crippen LogP contribution in [-0.2, 0) is 20.8 Å². The molecule has 2 fully saturated rings. The lowest BCUT2D eigenvalue weighted by Crippen LogP contribution is -2.63. The summed E-state index contributed by atoms with van der Waals surface area (Å²) in [4.78, 5) is 38.6. The number of amides is 3. The van der Waals surface area contributed by atoms with Gasteiger partial charge in [0.25, 0.3) is 5.91 Å². The van der Waals surface area contributed by atoms with Crippen molar-refractivity contribution in [3.63, 3.8) is 0 Å². The van der Waals surface area contributed by atoms with Crippen LogP contribution in [0.3, 0.4) is 0 Å². The van der Waals surface area contributed by atoms with Gasteiger partial charge >= 0.3 is 0 Å². The van der Waals surface area contributed by atoms with Crippen molar-refractivity contribution >= 4 is 17.7 Å². The summed E-state index contributed by atoms with van der Waals surface area (Å²) in [6, 6.07) is 8.49. The van der Waals surface area contributed by atoms with Gasteiger partial charge in [0.1, 0.15) is 12.1 Å². The molecule has 1 aromatic rings. The molecule has 8 nitrogen and oxygen atoms in total. The topological polar surface area (TPSA) is 93.8 Å². The van der Waals surface area contributed by atoms with Crippen LogP contribution in [0, 0.1) is 0 Å². The number of likely N-dealkylation sites (N-methyl/N-ethyl adjacent to an activating group) is 1. The summed E-state index contributed by atoms with van der Waals surface area (Å²) in [5, 5.41) is 12.4. The van der Waals surface area contributed by atoms with E-state index in [4.69, 9.17) is 0 Å². The molecule has 2 aliphatic heterocycles. The van der Waals surface area contributed by atoms with Gasteiger partial charge in [-0.15, -0.1) is 0 Å². The van der Waals surface area contributed by atoms with Crippen LogP contribution in [0.4, 0.5) is 0 Å². The fraction of sp³-hybridized carbons (Fsp3) is 0.591. The number of carbonyl (C=O) groups is 3. The first-order valence-electron chi connectivity index (χ1n) is 10.9. The van der Waals surface area contributed by atoms with E-state index in [0.717, 1.165) is 31.4 Å². The molecule has 0 unspecified atom stereocenters. The molecule has 0 aromatic heterocycles. The smallest absolute Gasteiger partial charge is 0.260 e. The summed E-state index contributed by atoms with van der Waals surface area (Å²) in [6.45, 7) is 3.76. The summed E-state index contributed by atoms with van der Waals surface area (Å²) >= 11 is 0. The van der Waals surface area contributed by atoms with Crippen molar-refractivity contribution in [2.75, 3.05) is 26.7 Å². The highest BCUT2D eigenvalue weighted by molar-refractivity contribution is 5.93. The lowest BCUT2D eigenvalue weighted by atomic mass is 10.1. The van der Waals surface area contributed by atoms with Crippen molar-refractivity contribution in [2.45, 2.75) is 57.2 Å². The molecule has 1 aromatic carbocycles. The Hall–Kier alpha value is -2.45. The van der Waals surface area contributed by atoms with E-state index >= 15 is 0 Å². The molecule has 0 spiro atoms. The number of rotatable bonds is 7. The molecule has 2 saturated heterocycles. The van der Waals surface area contributed by atoms with Crippen molar-refractivity contribution < 1.29 is 14.4 Å². The van der Waals surface area contributed by atoms with Crippen LogP contribution in [0.15, 0.2) is 30.3 Å². The zero-order valence-electron chi connectivity index (χ0n) is 17.9. The van der Waals surface area contributed by atoms with E-state index in [2.05, 4.69) is 16.0 Å². The number of nitrogens with zero attached hydrogens (tertiary/aromatic N) is 2. The number of nitrogens with one attached hydrogen (secondary N) is 3. The predicted molar refractivity (Wildman–Crippen MR) is 114 cm³/mol. The average Bonchev–Trinajstić information content (AvgIpc) is 2.92. The number of benzene rings is 1. The number of hydrogen-bond donors (Lipinski definition) is 3. The minimum absolute atomic E-state index is 0.125. The second-order valence-corrected chi connectivity index (χ2v) is 8.03. The zero-order valence-corrected chi connectivity index (χ0v) is 17.9. The van der Waals surface area contributed by atoms with Gasteiger partial charge < -0.3 is 16.0 Å². The van der Waals surface area contributed by atoms with E-state index in [9.17, 15) is 14.4 Å². The van der Waals surface area contributed by atoms with Gasteiger partial charge in [0.2, 0.25) is 11.8 Å². The van der Waals surface area contributed by atoms with E-state index in [0.29, 0.717) is 25.9 Å². The summed E-state index contributed by atoms with van der Waals surface area (Å²) in [5.41, 5.74) is 1.16. The molecule has 3 amide bonds. The van der Waals surface area contributed by atoms with Gasteiger partial charge in [0.15, 0.2) is 0 Å². The first kappa shape index (κ1) is 22.2. The molecule has 2 heterocycles. The monoisotopic (exact) mass is 415 g/mol. The van der Waals surface area contributed by atoms with Gasteiger partial charge in [0, 0.05) is 19.6 Å². The van der Waals surface area contributed by atoms with Crippen molar-refractivity contribution in [2.24, 2.45) is 0 Å². The van der Waals surface area contributed by atoms with E-state index in [1.54, 1.807) is 19.0 Å². The third-order valence-electron chi connectivity index (χ3n) is 5.93. The second kappa shape index (κ2) is 10.5. The van der Waals surface area contributed by atoms with Gasteiger partial charge in [0.05, 0.1) is 6.04 Å². The molecule has 3 rings (SSSR count). The van der Waals surface area contributed by atoms with Gasteiger partial charge in [-0.25, -0.2) is 5.01 Å². The normalized spacial score (nSPS) is 23.3. The predicted octanol–water partition coefficient (Wildman–Crippen LogP) is 0.440. The minimum Gasteiger partial charge on any atom is -0.354 e. The fourth-order valence-corrected chi connectivity index (χ4v) is 4.06. The molecule has 0 saturated carbocycles. The maximum atomic E-state index is 13.3. The maximum absolute atomic E-state index is 13.3. The highest BCUT2D eigenvalue weighted by atomic mass is 16.2. The summed E-state index contributed by atoms with van der Waals surface area (Å²) in [7, 11) is 1.71. The SMILES string of the molecule is CN[C@@H](C)C(=O)N[C@H]1CCCN2CCC[C@@H](C(=O)NCCc3ccccc3)N2C1=O. The fourth-order valence-electron chi connectivity index (χ4n) is 4.06. The minimum atomic E-state index is -0.601. The highest BCUT2D eigenvalue weighted by Crippen LogP contribution is 2.24. The maximum Gasteiger partial charge on any atom is 0.260 e. The summed E-state index contributed by atoms with van der Waals surface area (Å²) in [6.07, 6.45) is 3.62. The first-order valence-corrected chi connectivity index (χ1v) is 10.9. The van der Waals surface area contributed by atoms with Crippen LogP contribution < -0.4 is 16.0 Å². The molecule has 0 radical (unpaired) electrons. The third-order valence-corrected chi connectivity index (χ3v) is 5.93. The molecular formula is C22H33N5O3. The van der Waals surface area contributed by atoms with Crippen molar-refractivity contribution in [3.8, 4) is 0 Å². The van der Waals surface area contributed by atoms with Crippen molar-refractivity contribution in [1.82, 2.24) is 26.0 Å². The Balaban J connectivity index is 1.65. The van der Waals surface area contributed by atoms with Gasteiger partial charge in [-0.05, 0) is 51.6 Å². The molecule has 30 heavy (non-hydrogen) atoms. The van der Waals surface area contributed by atoms with Gasteiger partial charge in [-0.3, -0.25) is 19.4 Å². The van der Waals surface area contributed by atoms with Gasteiger partial charge in [-0.2, -0.15) is 0 Å². The molecule has 8 heteroatoms. The number of hydrogen-bond acceptors (Lipinski definition) is 5. The van der Waals surface area contributed by atoms with E-state index in [1.807, 2.05) is 35.3 Å². The highest BCUT2D eigenvalue weighted by Gasteiger charge is 2.42. The molecular weight excluding hydrogens is 382 g/mol. The Labute approximate surface area is 178 Å². The van der Waals surface area contributed by atoms with Crippen LogP contribution >= 0.6 is 0 Å². The van der Waals surface area contributed by atoms with Crippen LogP contribution in [0.1, 0.15) is 38.2 Å². The van der Waals surface area contributed by atoms with Crippen molar-refractivity contribution in [1.29, 1.82) is 0 Å². The molecule has 0 aliphatic carbocycles. The van der Waals surface area contributed by atoms with Crippen molar-refractivity contribution in [3.05, 3.63) is 35.9 Å². The quantitative estimate of drug-likeness (QED) is 0.601. The van der Waals surface area contributed by atoms with E-state index in [-0.39, 0.29) is 23.8 Å². The lowest BCUT2D eigenvalue weighted by Gasteiger charge is -2.43. The third kappa shape index (κ3) is 5.37. The standard InChI is InChI=1S/C22H33N5O3/c1-16(23-2)20(28)25-18-10-6-14-26-15-7-11-19(27(26)22(18)30)21(29)24-13-12-17-8-4-3-5-9-17/h3-5,8-9,16,18-19,23H,6-7,10-15H2,1-2H3,(H,24,29)(H,25,28)/t16-,18-,19-/m0/s1. The van der Waals surface area contributed by atoms with Crippen LogP contribution in [0.2, 0.25) is 0 Å². The van der Waals surface area contributed by atoms with Crippen LogP contribution in [0.5, 0.6) is 0 Å². The Morgan fingerprint density at radius 1 is 1.13 bits per heavy atom. The van der Waals surface area contributed by atoms with Crippen LogP contribution in [-0.4, -0.2) is 72.5 Å². The Morgan fingerprint density at radius 2 is 1.83 bits per heavy atom. The number of hydrazine groups is 1. The summed E-state index contributed by atoms with van der Waals surface area (Å²) < 4.78 is 0.